The minimum atomic E-state index is 0.510. The Labute approximate surface area is 101 Å². The Hall–Kier alpha value is -2.08. The molecule has 0 atom stereocenters. The lowest BCUT2D eigenvalue weighted by atomic mass is 10.2. The molecule has 0 saturated carbocycles. The highest BCUT2D eigenvalue weighted by atomic mass is 15.1. The summed E-state index contributed by atoms with van der Waals surface area (Å²) in [6.07, 6.45) is 0.510. The maximum Gasteiger partial charge on any atom is 0.140 e. The molecule has 2 rings (SSSR count). The monoisotopic (exact) mass is 225 g/mol. The molecule has 0 fully saturated rings. The summed E-state index contributed by atoms with van der Waals surface area (Å²) in [5.41, 5.74) is 3.27. The van der Waals surface area contributed by atoms with Gasteiger partial charge in [-0.05, 0) is 13.8 Å². The van der Waals surface area contributed by atoms with Crippen molar-refractivity contribution < 1.29 is 0 Å². The molecule has 86 valence electrons. The van der Waals surface area contributed by atoms with Crippen LogP contribution in [-0.4, -0.2) is 9.55 Å². The SMILES string of the molecule is Cc1nc(-c2ccccc2)n(CCC#N)c1C. The van der Waals surface area contributed by atoms with E-state index >= 15 is 0 Å². The van der Waals surface area contributed by atoms with Gasteiger partial charge in [-0.2, -0.15) is 5.26 Å². The molecule has 3 nitrogen and oxygen atoms in total. The van der Waals surface area contributed by atoms with Crippen LogP contribution < -0.4 is 0 Å². The molecular formula is C14H15N3. The van der Waals surface area contributed by atoms with Gasteiger partial charge in [-0.15, -0.1) is 0 Å². The number of nitriles is 1. The highest BCUT2D eigenvalue weighted by molar-refractivity contribution is 5.56. The van der Waals surface area contributed by atoms with Crippen molar-refractivity contribution in [2.45, 2.75) is 26.8 Å². The predicted octanol–water partition coefficient (Wildman–Crippen LogP) is 3.08. The average molecular weight is 225 g/mol. The van der Waals surface area contributed by atoms with Gasteiger partial charge in [-0.1, -0.05) is 30.3 Å². The van der Waals surface area contributed by atoms with Crippen molar-refractivity contribution >= 4 is 0 Å². The molecule has 1 heterocycles. The van der Waals surface area contributed by atoms with Crippen LogP contribution in [0.5, 0.6) is 0 Å². The van der Waals surface area contributed by atoms with E-state index in [9.17, 15) is 0 Å². The van der Waals surface area contributed by atoms with Gasteiger partial charge in [0.15, 0.2) is 0 Å². The molecular weight excluding hydrogens is 210 g/mol. The minimum absolute atomic E-state index is 0.510. The normalized spacial score (nSPS) is 10.2. The Balaban J connectivity index is 2.47. The van der Waals surface area contributed by atoms with Crippen molar-refractivity contribution in [3.8, 4) is 17.5 Å². The number of imidazole rings is 1. The topological polar surface area (TPSA) is 41.6 Å². The standard InChI is InChI=1S/C14H15N3/c1-11-12(2)17(10-6-9-15)14(16-11)13-7-4-3-5-8-13/h3-5,7-8H,6,10H2,1-2H3. The lowest BCUT2D eigenvalue weighted by molar-refractivity contribution is 0.701. The van der Waals surface area contributed by atoms with Crippen LogP contribution in [0.15, 0.2) is 30.3 Å². The Bertz CT molecular complexity index is 547. The van der Waals surface area contributed by atoms with E-state index in [1.165, 1.54) is 0 Å². The Kier molecular flexibility index (Phi) is 3.24. The Morgan fingerprint density at radius 3 is 2.59 bits per heavy atom. The van der Waals surface area contributed by atoms with E-state index in [1.807, 2.05) is 44.2 Å². The van der Waals surface area contributed by atoms with E-state index < -0.39 is 0 Å². The maximum atomic E-state index is 8.70. The summed E-state index contributed by atoms with van der Waals surface area (Å²) in [7, 11) is 0. The number of rotatable bonds is 3. The molecule has 0 unspecified atom stereocenters. The van der Waals surface area contributed by atoms with Gasteiger partial charge >= 0.3 is 0 Å². The first-order valence-electron chi connectivity index (χ1n) is 5.70. The zero-order chi connectivity index (χ0) is 12.3. The predicted molar refractivity (Wildman–Crippen MR) is 67.4 cm³/mol. The highest BCUT2D eigenvalue weighted by Gasteiger charge is 2.11. The number of hydrogen-bond donors (Lipinski definition) is 0. The summed E-state index contributed by atoms with van der Waals surface area (Å²) in [5, 5.41) is 8.70. The first kappa shape index (κ1) is 11.4. The number of aryl methyl sites for hydroxylation is 1. The quantitative estimate of drug-likeness (QED) is 0.805. The first-order valence-corrected chi connectivity index (χ1v) is 5.70. The van der Waals surface area contributed by atoms with Gasteiger partial charge in [0.25, 0.3) is 0 Å². The van der Waals surface area contributed by atoms with Gasteiger partial charge in [-0.25, -0.2) is 4.98 Å². The molecule has 3 heteroatoms. The fraction of sp³-hybridized carbons (Fsp3) is 0.286. The van der Waals surface area contributed by atoms with Crippen molar-refractivity contribution in [1.82, 2.24) is 9.55 Å². The third-order valence-corrected chi connectivity index (χ3v) is 2.94. The maximum absolute atomic E-state index is 8.70. The third kappa shape index (κ3) is 2.21. The van der Waals surface area contributed by atoms with Gasteiger partial charge in [0.1, 0.15) is 5.82 Å². The average Bonchev–Trinajstić information content (AvgIpc) is 2.65. The lowest BCUT2D eigenvalue weighted by Crippen LogP contribution is -2.02. The second-order valence-electron chi connectivity index (χ2n) is 4.03. The molecule has 0 bridgehead atoms. The summed E-state index contributed by atoms with van der Waals surface area (Å²) in [6.45, 7) is 4.75. The Morgan fingerprint density at radius 2 is 1.94 bits per heavy atom. The fourth-order valence-corrected chi connectivity index (χ4v) is 1.90. The largest absolute Gasteiger partial charge is 0.327 e. The molecule has 0 spiro atoms. The van der Waals surface area contributed by atoms with E-state index in [2.05, 4.69) is 15.6 Å². The third-order valence-electron chi connectivity index (χ3n) is 2.94. The molecule has 2 aromatic rings. The smallest absolute Gasteiger partial charge is 0.140 e. The molecule has 0 saturated heterocycles. The van der Waals surface area contributed by atoms with Crippen LogP contribution in [0.3, 0.4) is 0 Å². The molecule has 0 amide bonds. The van der Waals surface area contributed by atoms with Gasteiger partial charge in [-0.3, -0.25) is 0 Å². The van der Waals surface area contributed by atoms with Gasteiger partial charge < -0.3 is 4.57 Å². The van der Waals surface area contributed by atoms with Crippen molar-refractivity contribution in [2.75, 3.05) is 0 Å². The summed E-state index contributed by atoms with van der Waals surface area (Å²) in [6, 6.07) is 12.3. The number of nitrogens with zero attached hydrogens (tertiary/aromatic N) is 3. The molecule has 0 aliphatic carbocycles. The first-order chi connectivity index (χ1) is 8.24. The van der Waals surface area contributed by atoms with Crippen LogP contribution in [0, 0.1) is 25.2 Å². The lowest BCUT2D eigenvalue weighted by Gasteiger charge is -2.07. The Morgan fingerprint density at radius 1 is 1.24 bits per heavy atom. The van der Waals surface area contributed by atoms with Crippen molar-refractivity contribution in [2.24, 2.45) is 0 Å². The number of benzene rings is 1. The summed E-state index contributed by atoms with van der Waals surface area (Å²) in [5.74, 6) is 0.954. The van der Waals surface area contributed by atoms with Crippen molar-refractivity contribution in [1.29, 1.82) is 5.26 Å². The number of aromatic nitrogens is 2. The summed E-state index contributed by atoms with van der Waals surface area (Å²) in [4.78, 5) is 4.59. The molecule has 1 aromatic carbocycles. The van der Waals surface area contributed by atoms with E-state index in [0.29, 0.717) is 13.0 Å². The van der Waals surface area contributed by atoms with Crippen LogP contribution in [0.1, 0.15) is 17.8 Å². The van der Waals surface area contributed by atoms with Crippen LogP contribution in [0.2, 0.25) is 0 Å². The van der Waals surface area contributed by atoms with E-state index in [1.54, 1.807) is 0 Å². The van der Waals surface area contributed by atoms with Crippen LogP contribution in [0.4, 0.5) is 0 Å². The van der Waals surface area contributed by atoms with Gasteiger partial charge in [0.2, 0.25) is 0 Å². The zero-order valence-corrected chi connectivity index (χ0v) is 10.1. The van der Waals surface area contributed by atoms with Gasteiger partial charge in [0.05, 0.1) is 18.2 Å². The van der Waals surface area contributed by atoms with Crippen molar-refractivity contribution in [3.05, 3.63) is 41.7 Å². The molecule has 0 radical (unpaired) electrons. The van der Waals surface area contributed by atoms with E-state index in [4.69, 9.17) is 5.26 Å². The second-order valence-corrected chi connectivity index (χ2v) is 4.03. The van der Waals surface area contributed by atoms with Crippen LogP contribution in [0.25, 0.3) is 11.4 Å². The van der Waals surface area contributed by atoms with E-state index in [-0.39, 0.29) is 0 Å². The molecule has 1 aromatic heterocycles. The van der Waals surface area contributed by atoms with Crippen LogP contribution >= 0.6 is 0 Å². The van der Waals surface area contributed by atoms with Crippen LogP contribution in [-0.2, 0) is 6.54 Å². The summed E-state index contributed by atoms with van der Waals surface area (Å²) >= 11 is 0. The minimum Gasteiger partial charge on any atom is -0.327 e. The molecule has 0 aliphatic heterocycles. The molecule has 17 heavy (non-hydrogen) atoms. The highest BCUT2D eigenvalue weighted by Crippen LogP contribution is 2.21. The van der Waals surface area contributed by atoms with Crippen molar-refractivity contribution in [3.63, 3.8) is 0 Å². The zero-order valence-electron chi connectivity index (χ0n) is 10.1. The van der Waals surface area contributed by atoms with Gasteiger partial charge in [0, 0.05) is 17.8 Å². The molecule has 0 N–H and O–H groups in total. The summed E-state index contributed by atoms with van der Waals surface area (Å²) < 4.78 is 2.12. The van der Waals surface area contributed by atoms with E-state index in [0.717, 1.165) is 22.8 Å². The second kappa shape index (κ2) is 4.84. The molecule has 0 aliphatic rings. The number of hydrogen-bond acceptors (Lipinski definition) is 2. The fourth-order valence-electron chi connectivity index (χ4n) is 1.90.